The molecule has 1 unspecified atom stereocenters. The number of halogens is 1. The van der Waals surface area contributed by atoms with Gasteiger partial charge >= 0.3 is 0 Å². The van der Waals surface area contributed by atoms with Crippen LogP contribution in [-0.4, -0.2) is 23.0 Å². The van der Waals surface area contributed by atoms with Crippen LogP contribution >= 0.6 is 11.6 Å². The summed E-state index contributed by atoms with van der Waals surface area (Å²) in [6.45, 7) is 3.74. The third-order valence-electron chi connectivity index (χ3n) is 3.70. The third kappa shape index (κ3) is 3.37. The van der Waals surface area contributed by atoms with Gasteiger partial charge in [-0.15, -0.1) is 0 Å². The highest BCUT2D eigenvalue weighted by molar-refractivity contribution is 6.30. The maximum Gasteiger partial charge on any atom is 0.254 e. The Bertz CT molecular complexity index is 652. The molecule has 0 bridgehead atoms. The number of hydrogen-bond acceptors (Lipinski definition) is 2. The number of carbonyl (C=O) groups excluding carboxylic acids is 1. The van der Waals surface area contributed by atoms with Crippen molar-refractivity contribution in [1.82, 2.24) is 4.90 Å². The summed E-state index contributed by atoms with van der Waals surface area (Å²) in [6, 6.07) is 12.3. The lowest BCUT2D eigenvalue weighted by Gasteiger charge is -2.25. The summed E-state index contributed by atoms with van der Waals surface area (Å²) in [5.41, 5.74) is 2.27. The first-order valence-electron chi connectivity index (χ1n) is 6.72. The smallest absolute Gasteiger partial charge is 0.254 e. The second kappa shape index (κ2) is 6.19. The van der Waals surface area contributed by atoms with Gasteiger partial charge in [-0.3, -0.25) is 4.79 Å². The summed E-state index contributed by atoms with van der Waals surface area (Å²) < 4.78 is 0. The van der Waals surface area contributed by atoms with Crippen LogP contribution in [0.2, 0.25) is 5.02 Å². The summed E-state index contributed by atoms with van der Waals surface area (Å²) in [7, 11) is 1.77. The fourth-order valence-electron chi connectivity index (χ4n) is 2.13. The molecule has 1 amide bonds. The molecule has 0 heterocycles. The van der Waals surface area contributed by atoms with E-state index in [4.69, 9.17) is 11.6 Å². The zero-order valence-corrected chi connectivity index (χ0v) is 13.1. The fourth-order valence-corrected chi connectivity index (χ4v) is 2.26. The number of amides is 1. The molecule has 0 aliphatic carbocycles. The molecule has 0 aliphatic rings. The van der Waals surface area contributed by atoms with Crippen molar-refractivity contribution in [2.45, 2.75) is 19.9 Å². The molecule has 0 saturated heterocycles. The zero-order valence-electron chi connectivity index (χ0n) is 12.3. The van der Waals surface area contributed by atoms with Crippen molar-refractivity contribution in [3.05, 3.63) is 64.2 Å². The molecule has 1 N–H and O–H groups in total. The Morgan fingerprint density at radius 2 is 1.81 bits per heavy atom. The van der Waals surface area contributed by atoms with Gasteiger partial charge in [0.2, 0.25) is 0 Å². The van der Waals surface area contributed by atoms with Crippen LogP contribution in [0.1, 0.15) is 34.5 Å². The lowest BCUT2D eigenvalue weighted by molar-refractivity contribution is 0.0742. The lowest BCUT2D eigenvalue weighted by atomic mass is 10.1. The minimum Gasteiger partial charge on any atom is -0.508 e. The van der Waals surface area contributed by atoms with E-state index in [0.717, 1.165) is 5.56 Å². The summed E-state index contributed by atoms with van der Waals surface area (Å²) in [4.78, 5) is 14.2. The van der Waals surface area contributed by atoms with Gasteiger partial charge < -0.3 is 10.0 Å². The van der Waals surface area contributed by atoms with E-state index in [1.807, 2.05) is 31.2 Å². The first-order chi connectivity index (χ1) is 9.90. The highest BCUT2D eigenvalue weighted by Gasteiger charge is 2.19. The Labute approximate surface area is 129 Å². The third-order valence-corrected chi connectivity index (χ3v) is 3.95. The van der Waals surface area contributed by atoms with Crippen molar-refractivity contribution in [2.24, 2.45) is 0 Å². The predicted octanol–water partition coefficient (Wildman–Crippen LogP) is 4.19. The second-order valence-corrected chi connectivity index (χ2v) is 5.58. The maximum atomic E-state index is 12.5. The van der Waals surface area contributed by atoms with E-state index >= 15 is 0 Å². The quantitative estimate of drug-likeness (QED) is 0.923. The molecule has 0 saturated carbocycles. The van der Waals surface area contributed by atoms with E-state index in [1.165, 1.54) is 0 Å². The van der Waals surface area contributed by atoms with Gasteiger partial charge in [0.25, 0.3) is 5.91 Å². The van der Waals surface area contributed by atoms with Crippen LogP contribution in [-0.2, 0) is 0 Å². The van der Waals surface area contributed by atoms with E-state index in [-0.39, 0.29) is 17.7 Å². The molecule has 0 aromatic heterocycles. The monoisotopic (exact) mass is 303 g/mol. The molecule has 2 aromatic rings. The zero-order chi connectivity index (χ0) is 15.6. The molecule has 2 aromatic carbocycles. The van der Waals surface area contributed by atoms with Crippen molar-refractivity contribution in [3.63, 3.8) is 0 Å². The van der Waals surface area contributed by atoms with Gasteiger partial charge in [0.15, 0.2) is 0 Å². The van der Waals surface area contributed by atoms with Gasteiger partial charge in [-0.2, -0.15) is 0 Å². The Kier molecular flexibility index (Phi) is 4.53. The highest BCUT2D eigenvalue weighted by atomic mass is 35.5. The summed E-state index contributed by atoms with van der Waals surface area (Å²) in [5, 5.41) is 10.2. The molecule has 1 atom stereocenters. The number of carbonyl (C=O) groups is 1. The highest BCUT2D eigenvalue weighted by Crippen LogP contribution is 2.24. The fraction of sp³-hybridized carbons (Fsp3) is 0.235. The average molecular weight is 304 g/mol. The van der Waals surface area contributed by atoms with E-state index in [2.05, 4.69) is 0 Å². The predicted molar refractivity (Wildman–Crippen MR) is 84.8 cm³/mol. The minimum absolute atomic E-state index is 0.0659. The van der Waals surface area contributed by atoms with E-state index in [0.29, 0.717) is 16.1 Å². The number of phenolic OH excluding ortho intramolecular Hbond substituents is 1. The standard InChI is InChI=1S/C17H18ClNO2/c1-11-10-14(6-9-16(11)20)17(21)19(3)12(2)13-4-7-15(18)8-5-13/h4-10,12,20H,1-3H3. The van der Waals surface area contributed by atoms with Crippen LogP contribution in [0.3, 0.4) is 0 Å². The number of benzene rings is 2. The number of hydrogen-bond donors (Lipinski definition) is 1. The summed E-state index contributed by atoms with van der Waals surface area (Å²) >= 11 is 5.88. The molecule has 0 aliphatic heterocycles. The van der Waals surface area contributed by atoms with Crippen LogP contribution in [0.15, 0.2) is 42.5 Å². The maximum absolute atomic E-state index is 12.5. The van der Waals surface area contributed by atoms with E-state index in [9.17, 15) is 9.90 Å². The van der Waals surface area contributed by atoms with Gasteiger partial charge in [0.05, 0.1) is 6.04 Å². The molecule has 4 heteroatoms. The van der Waals surface area contributed by atoms with Crippen molar-refractivity contribution < 1.29 is 9.90 Å². The first kappa shape index (κ1) is 15.4. The average Bonchev–Trinajstić information content (AvgIpc) is 2.48. The Morgan fingerprint density at radius 3 is 2.38 bits per heavy atom. The van der Waals surface area contributed by atoms with Crippen molar-refractivity contribution in [2.75, 3.05) is 7.05 Å². The summed E-state index contributed by atoms with van der Waals surface area (Å²) in [5.74, 6) is 0.112. The van der Waals surface area contributed by atoms with Crippen molar-refractivity contribution in [1.29, 1.82) is 0 Å². The minimum atomic E-state index is -0.0828. The number of aromatic hydroxyl groups is 1. The number of aryl methyl sites for hydroxylation is 1. The van der Waals surface area contributed by atoms with Gasteiger partial charge in [0, 0.05) is 17.6 Å². The van der Waals surface area contributed by atoms with E-state index < -0.39 is 0 Å². The molecule has 0 spiro atoms. The van der Waals surface area contributed by atoms with Crippen LogP contribution < -0.4 is 0 Å². The van der Waals surface area contributed by atoms with Gasteiger partial charge in [-0.25, -0.2) is 0 Å². The number of phenols is 1. The SMILES string of the molecule is Cc1cc(C(=O)N(C)C(C)c2ccc(Cl)cc2)ccc1O. The Morgan fingerprint density at radius 1 is 1.19 bits per heavy atom. The van der Waals surface area contributed by atoms with Crippen LogP contribution in [0.25, 0.3) is 0 Å². The molecule has 0 radical (unpaired) electrons. The topological polar surface area (TPSA) is 40.5 Å². The largest absolute Gasteiger partial charge is 0.508 e. The van der Waals surface area contributed by atoms with E-state index in [1.54, 1.807) is 37.1 Å². The number of nitrogens with zero attached hydrogens (tertiary/aromatic N) is 1. The van der Waals surface area contributed by atoms with Gasteiger partial charge in [-0.1, -0.05) is 23.7 Å². The molecule has 21 heavy (non-hydrogen) atoms. The van der Waals surface area contributed by atoms with Gasteiger partial charge in [-0.05, 0) is 55.3 Å². The normalized spacial score (nSPS) is 12.0. The molecule has 0 fully saturated rings. The molecule has 2 rings (SSSR count). The molecule has 110 valence electrons. The molecular formula is C17H18ClNO2. The second-order valence-electron chi connectivity index (χ2n) is 5.14. The van der Waals surface area contributed by atoms with Gasteiger partial charge in [0.1, 0.15) is 5.75 Å². The van der Waals surface area contributed by atoms with Crippen LogP contribution in [0, 0.1) is 6.92 Å². The number of rotatable bonds is 3. The lowest BCUT2D eigenvalue weighted by Crippen LogP contribution is -2.29. The van der Waals surface area contributed by atoms with Crippen molar-refractivity contribution in [3.8, 4) is 5.75 Å². The first-order valence-corrected chi connectivity index (χ1v) is 7.10. The summed E-state index contributed by atoms with van der Waals surface area (Å²) in [6.07, 6.45) is 0. The van der Waals surface area contributed by atoms with Crippen molar-refractivity contribution >= 4 is 17.5 Å². The Balaban J connectivity index is 2.21. The Hall–Kier alpha value is -2.00. The van der Waals surface area contributed by atoms with Crippen LogP contribution in [0.4, 0.5) is 0 Å². The molecular weight excluding hydrogens is 286 g/mol. The van der Waals surface area contributed by atoms with Crippen LogP contribution in [0.5, 0.6) is 5.75 Å². The molecule has 3 nitrogen and oxygen atoms in total.